The van der Waals surface area contributed by atoms with Crippen LogP contribution in [0.1, 0.15) is 39.5 Å². The van der Waals surface area contributed by atoms with Gasteiger partial charge in [0.25, 0.3) is 0 Å². The van der Waals surface area contributed by atoms with Crippen molar-refractivity contribution in [3.63, 3.8) is 0 Å². The Morgan fingerprint density at radius 3 is 2.32 bits per heavy atom. The third-order valence-electron chi connectivity index (χ3n) is 2.67. The fourth-order valence-electron chi connectivity index (χ4n) is 1.62. The standard InChI is InChI=1S/C15H22O4/c1-3-5-6-14(15(16)17)19-13-9-7-12(8-10-13)18-11-4-2/h7-10,14H,3-6,11H2,1-2H3,(H,16,17). The maximum absolute atomic E-state index is 11.1. The van der Waals surface area contributed by atoms with E-state index in [0.29, 0.717) is 18.8 Å². The largest absolute Gasteiger partial charge is 0.494 e. The second kappa shape index (κ2) is 8.40. The van der Waals surface area contributed by atoms with Gasteiger partial charge < -0.3 is 14.6 Å². The molecule has 1 aromatic rings. The average Bonchev–Trinajstić information content (AvgIpc) is 2.42. The van der Waals surface area contributed by atoms with Crippen molar-refractivity contribution < 1.29 is 19.4 Å². The number of carbonyl (C=O) groups is 1. The molecule has 1 atom stereocenters. The van der Waals surface area contributed by atoms with Crippen LogP contribution in [0.25, 0.3) is 0 Å². The fourth-order valence-corrected chi connectivity index (χ4v) is 1.62. The Kier molecular flexibility index (Phi) is 6.79. The van der Waals surface area contributed by atoms with Gasteiger partial charge in [0.2, 0.25) is 0 Å². The minimum absolute atomic E-state index is 0.528. The molecule has 1 aromatic carbocycles. The summed E-state index contributed by atoms with van der Waals surface area (Å²) in [6.07, 6.45) is 2.50. The number of carboxylic acid groups (broad SMARTS) is 1. The van der Waals surface area contributed by atoms with Gasteiger partial charge in [-0.1, -0.05) is 20.3 Å². The molecule has 19 heavy (non-hydrogen) atoms. The van der Waals surface area contributed by atoms with Crippen LogP contribution < -0.4 is 9.47 Å². The second-order valence-corrected chi connectivity index (χ2v) is 4.41. The Bertz CT molecular complexity index is 372. The molecule has 0 aliphatic rings. The van der Waals surface area contributed by atoms with Crippen molar-refractivity contribution in [2.75, 3.05) is 6.61 Å². The predicted molar refractivity (Wildman–Crippen MR) is 73.8 cm³/mol. The minimum atomic E-state index is -0.917. The SMILES string of the molecule is CCCCC(Oc1ccc(OCCC)cc1)C(=O)O. The first-order chi connectivity index (χ1) is 9.17. The van der Waals surface area contributed by atoms with Gasteiger partial charge in [0.15, 0.2) is 6.10 Å². The fraction of sp³-hybridized carbons (Fsp3) is 0.533. The Hall–Kier alpha value is -1.71. The molecular weight excluding hydrogens is 244 g/mol. The molecule has 1 rings (SSSR count). The van der Waals surface area contributed by atoms with Gasteiger partial charge >= 0.3 is 5.97 Å². The summed E-state index contributed by atoms with van der Waals surface area (Å²) in [6, 6.07) is 7.08. The van der Waals surface area contributed by atoms with E-state index >= 15 is 0 Å². The lowest BCUT2D eigenvalue weighted by Gasteiger charge is -2.15. The highest BCUT2D eigenvalue weighted by Crippen LogP contribution is 2.20. The molecule has 0 saturated heterocycles. The van der Waals surface area contributed by atoms with Crippen molar-refractivity contribution in [3.05, 3.63) is 24.3 Å². The van der Waals surface area contributed by atoms with Crippen molar-refractivity contribution in [2.45, 2.75) is 45.6 Å². The molecule has 0 saturated carbocycles. The van der Waals surface area contributed by atoms with E-state index in [1.165, 1.54) is 0 Å². The van der Waals surface area contributed by atoms with Crippen LogP contribution in [0.3, 0.4) is 0 Å². The van der Waals surface area contributed by atoms with Crippen molar-refractivity contribution >= 4 is 5.97 Å². The van der Waals surface area contributed by atoms with E-state index in [-0.39, 0.29) is 0 Å². The van der Waals surface area contributed by atoms with Gasteiger partial charge in [-0.2, -0.15) is 0 Å². The van der Waals surface area contributed by atoms with E-state index < -0.39 is 12.1 Å². The summed E-state index contributed by atoms with van der Waals surface area (Å²) in [5.74, 6) is 0.418. The molecule has 0 aliphatic carbocycles. The molecule has 0 aromatic heterocycles. The number of hydrogen-bond acceptors (Lipinski definition) is 3. The molecule has 1 N–H and O–H groups in total. The molecule has 0 spiro atoms. The van der Waals surface area contributed by atoms with Crippen molar-refractivity contribution in [3.8, 4) is 11.5 Å². The third-order valence-corrected chi connectivity index (χ3v) is 2.67. The molecule has 106 valence electrons. The number of unbranched alkanes of at least 4 members (excludes halogenated alkanes) is 1. The quantitative estimate of drug-likeness (QED) is 0.743. The number of ether oxygens (including phenoxy) is 2. The normalized spacial score (nSPS) is 11.9. The summed E-state index contributed by atoms with van der Waals surface area (Å²) in [5.41, 5.74) is 0. The van der Waals surface area contributed by atoms with Crippen LogP contribution >= 0.6 is 0 Å². The Morgan fingerprint density at radius 2 is 1.79 bits per heavy atom. The lowest BCUT2D eigenvalue weighted by atomic mass is 10.1. The maximum Gasteiger partial charge on any atom is 0.344 e. The number of aliphatic carboxylic acids is 1. The number of hydrogen-bond donors (Lipinski definition) is 1. The van der Waals surface area contributed by atoms with Crippen LogP contribution in [0.4, 0.5) is 0 Å². The maximum atomic E-state index is 11.1. The summed E-state index contributed by atoms with van der Waals surface area (Å²) >= 11 is 0. The molecule has 0 bridgehead atoms. The van der Waals surface area contributed by atoms with E-state index in [1.807, 2.05) is 13.8 Å². The zero-order valence-corrected chi connectivity index (χ0v) is 11.6. The van der Waals surface area contributed by atoms with Crippen LogP contribution in [-0.2, 0) is 4.79 Å². The van der Waals surface area contributed by atoms with Gasteiger partial charge in [-0.25, -0.2) is 4.79 Å². The summed E-state index contributed by atoms with van der Waals surface area (Å²) in [4.78, 5) is 11.1. The zero-order valence-electron chi connectivity index (χ0n) is 11.6. The lowest BCUT2D eigenvalue weighted by molar-refractivity contribution is -0.145. The molecule has 4 nitrogen and oxygen atoms in total. The van der Waals surface area contributed by atoms with E-state index in [0.717, 1.165) is 25.0 Å². The van der Waals surface area contributed by atoms with Crippen LogP contribution in [0.5, 0.6) is 11.5 Å². The molecule has 0 radical (unpaired) electrons. The van der Waals surface area contributed by atoms with Crippen LogP contribution in [-0.4, -0.2) is 23.8 Å². The number of rotatable bonds is 9. The van der Waals surface area contributed by atoms with Crippen molar-refractivity contribution in [2.24, 2.45) is 0 Å². The smallest absolute Gasteiger partial charge is 0.344 e. The second-order valence-electron chi connectivity index (χ2n) is 4.41. The molecule has 0 amide bonds. The van der Waals surface area contributed by atoms with E-state index in [1.54, 1.807) is 24.3 Å². The zero-order chi connectivity index (χ0) is 14.1. The van der Waals surface area contributed by atoms with Crippen molar-refractivity contribution in [1.82, 2.24) is 0 Å². The predicted octanol–water partition coefficient (Wildman–Crippen LogP) is 3.50. The van der Waals surface area contributed by atoms with Crippen molar-refractivity contribution in [1.29, 1.82) is 0 Å². The summed E-state index contributed by atoms with van der Waals surface area (Å²) < 4.78 is 10.9. The molecule has 1 unspecified atom stereocenters. The summed E-state index contributed by atoms with van der Waals surface area (Å²) in [5, 5.41) is 9.08. The van der Waals surface area contributed by atoms with Gasteiger partial charge in [-0.15, -0.1) is 0 Å². The van der Waals surface area contributed by atoms with E-state index in [4.69, 9.17) is 14.6 Å². The highest BCUT2D eigenvalue weighted by Gasteiger charge is 2.18. The Morgan fingerprint density at radius 1 is 1.16 bits per heavy atom. The highest BCUT2D eigenvalue weighted by molar-refractivity contribution is 5.72. The van der Waals surface area contributed by atoms with Gasteiger partial charge in [0.05, 0.1) is 6.61 Å². The Balaban J connectivity index is 2.56. The topological polar surface area (TPSA) is 55.8 Å². The van der Waals surface area contributed by atoms with Gasteiger partial charge in [0, 0.05) is 0 Å². The summed E-state index contributed by atoms with van der Waals surface area (Å²) in [6.45, 7) is 4.75. The number of benzene rings is 1. The molecular formula is C15H22O4. The lowest BCUT2D eigenvalue weighted by Crippen LogP contribution is -2.26. The molecule has 0 heterocycles. The highest BCUT2D eigenvalue weighted by atomic mass is 16.5. The first kappa shape index (κ1) is 15.3. The van der Waals surface area contributed by atoms with E-state index in [2.05, 4.69) is 0 Å². The monoisotopic (exact) mass is 266 g/mol. The molecule has 0 aliphatic heterocycles. The molecule has 4 heteroatoms. The summed E-state index contributed by atoms with van der Waals surface area (Å²) in [7, 11) is 0. The number of carboxylic acids is 1. The van der Waals surface area contributed by atoms with Crippen LogP contribution in [0.2, 0.25) is 0 Å². The Labute approximate surface area is 114 Å². The van der Waals surface area contributed by atoms with Gasteiger partial charge in [0.1, 0.15) is 11.5 Å². The average molecular weight is 266 g/mol. The first-order valence-electron chi connectivity index (χ1n) is 6.79. The minimum Gasteiger partial charge on any atom is -0.494 e. The van der Waals surface area contributed by atoms with Crippen LogP contribution in [0.15, 0.2) is 24.3 Å². The molecule has 0 fully saturated rings. The van der Waals surface area contributed by atoms with E-state index in [9.17, 15) is 4.79 Å². The van der Waals surface area contributed by atoms with Gasteiger partial charge in [-0.3, -0.25) is 0 Å². The van der Waals surface area contributed by atoms with Gasteiger partial charge in [-0.05, 0) is 43.5 Å². The third kappa shape index (κ3) is 5.64. The van der Waals surface area contributed by atoms with Crippen LogP contribution in [0, 0.1) is 0 Å². The first-order valence-corrected chi connectivity index (χ1v) is 6.79.